The molecule has 0 unspecified atom stereocenters. The Labute approximate surface area is 241 Å². The van der Waals surface area contributed by atoms with Crippen LogP contribution in [0.2, 0.25) is 0 Å². The van der Waals surface area contributed by atoms with Crippen LogP contribution in [-0.2, 0) is 52.4 Å². The van der Waals surface area contributed by atoms with Gasteiger partial charge in [0.15, 0.2) is 0 Å². The predicted molar refractivity (Wildman–Crippen MR) is 166 cm³/mol. The van der Waals surface area contributed by atoms with Crippen molar-refractivity contribution in [2.45, 2.75) is 52.4 Å². The van der Waals surface area contributed by atoms with Gasteiger partial charge in [-0.25, -0.2) is 0 Å². The van der Waals surface area contributed by atoms with E-state index in [4.69, 9.17) is 0 Å². The van der Waals surface area contributed by atoms with Crippen molar-refractivity contribution in [2.75, 3.05) is 28.2 Å². The fraction of sp³-hybridized carbons (Fsp3) is 0.333. The SMILES string of the molecule is CN1Cc2ccc(cc2)CN(C)Cc2cccc(c2)CN(C)Cc2ccc(cc2)CN(C)Cc2cccc(c2)C1. The molecule has 4 heterocycles. The molecule has 8 rings (SSSR count). The summed E-state index contributed by atoms with van der Waals surface area (Å²) >= 11 is 0. The molecule has 0 fully saturated rings. The maximum absolute atomic E-state index is 2.40. The predicted octanol–water partition coefficient (Wildman–Crippen LogP) is 6.53. The summed E-state index contributed by atoms with van der Waals surface area (Å²) in [6, 6.07) is 36.4. The van der Waals surface area contributed by atoms with Crippen LogP contribution in [0.15, 0.2) is 97.1 Å². The maximum atomic E-state index is 2.40. The monoisotopic (exact) mass is 532 g/mol. The van der Waals surface area contributed by atoms with E-state index in [-0.39, 0.29) is 0 Å². The van der Waals surface area contributed by atoms with Gasteiger partial charge in [0.2, 0.25) is 0 Å². The quantitative estimate of drug-likeness (QED) is 0.255. The lowest BCUT2D eigenvalue weighted by molar-refractivity contribution is 0.311. The van der Waals surface area contributed by atoms with E-state index >= 15 is 0 Å². The van der Waals surface area contributed by atoms with Gasteiger partial charge in [-0.1, -0.05) is 97.1 Å². The summed E-state index contributed by atoms with van der Waals surface area (Å²) in [5, 5.41) is 0. The molecule has 0 saturated carbocycles. The second kappa shape index (κ2) is 13.4. The topological polar surface area (TPSA) is 13.0 Å². The second-order valence-electron chi connectivity index (χ2n) is 12.0. The number of hydrogen-bond acceptors (Lipinski definition) is 4. The number of nitrogens with zero attached hydrogens (tertiary/aromatic N) is 4. The molecule has 0 radical (unpaired) electrons. The van der Waals surface area contributed by atoms with Crippen LogP contribution in [0.1, 0.15) is 44.5 Å². The Kier molecular flexibility index (Phi) is 9.45. The summed E-state index contributed by atoms with van der Waals surface area (Å²) in [7, 11) is 8.85. The first kappa shape index (κ1) is 28.3. The summed E-state index contributed by atoms with van der Waals surface area (Å²) < 4.78 is 0. The molecule has 0 spiro atoms. The summed E-state index contributed by atoms with van der Waals surface area (Å²) in [6.07, 6.45) is 0. The van der Waals surface area contributed by atoms with E-state index in [0.717, 1.165) is 52.4 Å². The van der Waals surface area contributed by atoms with E-state index in [1.165, 1.54) is 44.5 Å². The van der Waals surface area contributed by atoms with Gasteiger partial charge in [0.25, 0.3) is 0 Å². The summed E-state index contributed by atoms with van der Waals surface area (Å²) in [5.74, 6) is 0. The molecule has 4 nitrogen and oxygen atoms in total. The Bertz CT molecular complexity index is 1160. The zero-order chi connectivity index (χ0) is 27.9. The molecule has 0 N–H and O–H groups in total. The molecule has 0 saturated heterocycles. The summed E-state index contributed by atoms with van der Waals surface area (Å²) in [4.78, 5) is 9.61. The minimum atomic E-state index is 0.941. The third-order valence-electron chi connectivity index (χ3n) is 7.65. The second-order valence-corrected chi connectivity index (χ2v) is 12.0. The van der Waals surface area contributed by atoms with Crippen molar-refractivity contribution in [1.29, 1.82) is 0 Å². The van der Waals surface area contributed by atoms with Crippen molar-refractivity contribution < 1.29 is 0 Å². The van der Waals surface area contributed by atoms with E-state index in [2.05, 4.69) is 145 Å². The van der Waals surface area contributed by atoms with Crippen molar-refractivity contribution >= 4 is 0 Å². The highest BCUT2D eigenvalue weighted by Crippen LogP contribution is 2.17. The van der Waals surface area contributed by atoms with Gasteiger partial charge in [-0.2, -0.15) is 0 Å². The van der Waals surface area contributed by atoms with Gasteiger partial charge in [0.1, 0.15) is 0 Å². The Morgan fingerprint density at radius 3 is 0.725 bits per heavy atom. The highest BCUT2D eigenvalue weighted by Gasteiger charge is 2.09. The van der Waals surface area contributed by atoms with Gasteiger partial charge in [-0.15, -0.1) is 0 Å². The van der Waals surface area contributed by atoms with Crippen molar-refractivity contribution in [2.24, 2.45) is 0 Å². The summed E-state index contributed by atoms with van der Waals surface area (Å²) in [5.41, 5.74) is 10.9. The molecule has 0 atom stereocenters. The average Bonchev–Trinajstić information content (AvgIpc) is 2.91. The molecule has 4 aromatic carbocycles. The van der Waals surface area contributed by atoms with Crippen molar-refractivity contribution in [1.82, 2.24) is 19.6 Å². The lowest BCUT2D eigenvalue weighted by Gasteiger charge is -2.21. The third kappa shape index (κ3) is 8.36. The zero-order valence-corrected chi connectivity index (χ0v) is 24.7. The van der Waals surface area contributed by atoms with E-state index in [0.29, 0.717) is 0 Å². The van der Waals surface area contributed by atoms with Crippen LogP contribution in [0.3, 0.4) is 0 Å². The molecule has 4 aliphatic heterocycles. The summed E-state index contributed by atoms with van der Waals surface area (Å²) in [6.45, 7) is 7.53. The first-order valence-corrected chi connectivity index (χ1v) is 14.4. The van der Waals surface area contributed by atoms with E-state index in [9.17, 15) is 0 Å². The Morgan fingerprint density at radius 2 is 0.500 bits per heavy atom. The Hall–Kier alpha value is -3.28. The fourth-order valence-electron chi connectivity index (χ4n) is 5.87. The van der Waals surface area contributed by atoms with Crippen molar-refractivity contribution in [3.8, 4) is 0 Å². The first-order chi connectivity index (χ1) is 19.4. The molecular formula is C36H44N4. The van der Waals surface area contributed by atoms with Crippen LogP contribution in [0.4, 0.5) is 0 Å². The molecule has 4 heteroatoms. The number of benzene rings is 4. The van der Waals surface area contributed by atoms with E-state index in [1.54, 1.807) is 0 Å². The molecule has 8 bridgehead atoms. The molecule has 4 aromatic rings. The largest absolute Gasteiger partial charge is 0.298 e. The number of rotatable bonds is 0. The van der Waals surface area contributed by atoms with Crippen LogP contribution >= 0.6 is 0 Å². The van der Waals surface area contributed by atoms with Crippen LogP contribution in [0.5, 0.6) is 0 Å². The van der Waals surface area contributed by atoms with Gasteiger partial charge in [-0.05, 0) is 72.7 Å². The van der Waals surface area contributed by atoms with Gasteiger partial charge < -0.3 is 0 Å². The van der Waals surface area contributed by atoms with E-state index in [1.807, 2.05) is 0 Å². The first-order valence-electron chi connectivity index (χ1n) is 14.4. The van der Waals surface area contributed by atoms with Crippen LogP contribution < -0.4 is 0 Å². The number of hydrogen-bond donors (Lipinski definition) is 0. The van der Waals surface area contributed by atoms with Gasteiger partial charge in [-0.3, -0.25) is 19.6 Å². The standard InChI is InChI=1S/C36H44N4/c1-37-21-29-11-13-30(14-12-29)22-39(3)27-35-9-6-10-36(20-35)28-40(4)24-32-17-15-31(16-18-32)23-38(2)26-34-8-5-7-33(19-34)25-37/h5-20H,21-28H2,1-4H3. The smallest absolute Gasteiger partial charge is 0.0234 e. The fourth-order valence-corrected chi connectivity index (χ4v) is 5.87. The minimum Gasteiger partial charge on any atom is -0.298 e. The lowest BCUT2D eigenvalue weighted by atomic mass is 10.1. The Balaban J connectivity index is 1.35. The highest BCUT2D eigenvalue weighted by atomic mass is 15.1. The van der Waals surface area contributed by atoms with Crippen LogP contribution in [-0.4, -0.2) is 47.8 Å². The highest BCUT2D eigenvalue weighted by molar-refractivity contribution is 5.27. The Morgan fingerprint density at radius 1 is 0.300 bits per heavy atom. The third-order valence-corrected chi connectivity index (χ3v) is 7.65. The van der Waals surface area contributed by atoms with Gasteiger partial charge in [0.05, 0.1) is 0 Å². The van der Waals surface area contributed by atoms with Crippen molar-refractivity contribution in [3.63, 3.8) is 0 Å². The van der Waals surface area contributed by atoms with Gasteiger partial charge in [0, 0.05) is 52.4 Å². The molecule has 0 aliphatic carbocycles. The molecule has 0 aromatic heterocycles. The van der Waals surface area contributed by atoms with Gasteiger partial charge >= 0.3 is 0 Å². The molecule has 40 heavy (non-hydrogen) atoms. The van der Waals surface area contributed by atoms with Crippen molar-refractivity contribution in [3.05, 3.63) is 142 Å². The molecule has 4 aliphatic rings. The maximum Gasteiger partial charge on any atom is 0.0234 e. The zero-order valence-electron chi connectivity index (χ0n) is 24.7. The normalized spacial score (nSPS) is 17.3. The molecular weight excluding hydrogens is 488 g/mol. The molecule has 208 valence electrons. The van der Waals surface area contributed by atoms with E-state index < -0.39 is 0 Å². The van der Waals surface area contributed by atoms with Crippen LogP contribution in [0.25, 0.3) is 0 Å². The molecule has 0 amide bonds. The van der Waals surface area contributed by atoms with Crippen LogP contribution in [0, 0.1) is 0 Å². The lowest BCUT2D eigenvalue weighted by Crippen LogP contribution is -2.20. The average molecular weight is 533 g/mol. The minimum absolute atomic E-state index is 0.941.